The van der Waals surface area contributed by atoms with E-state index in [1.165, 1.54) is 0 Å². The van der Waals surface area contributed by atoms with E-state index >= 15 is 0 Å². The van der Waals surface area contributed by atoms with E-state index in [1.54, 1.807) is 6.92 Å². The lowest BCUT2D eigenvalue weighted by molar-refractivity contribution is -0.134. The van der Waals surface area contributed by atoms with Crippen LogP contribution in [0.3, 0.4) is 0 Å². The monoisotopic (exact) mass is 510 g/mol. The van der Waals surface area contributed by atoms with E-state index in [2.05, 4.69) is 74.4 Å². The Balaban J connectivity index is 3.10. The van der Waals surface area contributed by atoms with E-state index in [9.17, 15) is 9.59 Å². The number of hydrogen-bond acceptors (Lipinski definition) is 5. The van der Waals surface area contributed by atoms with Crippen molar-refractivity contribution in [1.82, 2.24) is 0 Å². The van der Waals surface area contributed by atoms with Gasteiger partial charge in [0.1, 0.15) is 11.5 Å². The molecule has 0 fully saturated rings. The second-order valence-electron chi connectivity index (χ2n) is 12.0. The topological polar surface area (TPSA) is 61.8 Å². The highest BCUT2D eigenvalue weighted by atomic mass is 16.7. The SMILES string of the molecule is CCCCC(=O)Oc1c(C(C)(C)C)cc(C)c(C)c1-c1c(C)c(C)cc(C(C)(C)C)c1OC(=O)OCC. The summed E-state index contributed by atoms with van der Waals surface area (Å²) in [7, 11) is 0. The molecule has 0 unspecified atom stereocenters. The molecule has 0 radical (unpaired) electrons. The van der Waals surface area contributed by atoms with Crippen molar-refractivity contribution >= 4 is 12.1 Å². The average Bonchev–Trinajstić information content (AvgIpc) is 2.77. The van der Waals surface area contributed by atoms with Gasteiger partial charge in [0.15, 0.2) is 0 Å². The van der Waals surface area contributed by atoms with Crippen LogP contribution in [0.25, 0.3) is 11.1 Å². The standard InChI is InChI=1S/C32H46O5/c1-13-15-16-25(33)36-28-23(31(7,8)9)17-19(3)21(5)26(28)27-22(6)20(4)18-24(32(10,11)12)29(27)37-30(34)35-14-2/h17-18H,13-16H2,1-12H3. The van der Waals surface area contributed by atoms with Crippen LogP contribution in [-0.2, 0) is 20.4 Å². The fourth-order valence-corrected chi connectivity index (χ4v) is 4.43. The van der Waals surface area contributed by atoms with E-state index < -0.39 is 6.16 Å². The summed E-state index contributed by atoms with van der Waals surface area (Å²) in [5, 5.41) is 0. The summed E-state index contributed by atoms with van der Waals surface area (Å²) in [6.45, 7) is 24.8. The average molecular weight is 511 g/mol. The van der Waals surface area contributed by atoms with E-state index in [-0.39, 0.29) is 23.4 Å². The third kappa shape index (κ3) is 6.94. The molecule has 0 heterocycles. The molecular formula is C32H46O5. The highest BCUT2D eigenvalue weighted by Crippen LogP contribution is 2.50. The van der Waals surface area contributed by atoms with Crippen LogP contribution in [0.15, 0.2) is 12.1 Å². The number of rotatable bonds is 7. The molecule has 0 aliphatic rings. The van der Waals surface area contributed by atoms with Gasteiger partial charge >= 0.3 is 12.1 Å². The van der Waals surface area contributed by atoms with Crippen LogP contribution in [0.2, 0.25) is 0 Å². The van der Waals surface area contributed by atoms with Crippen LogP contribution in [0.5, 0.6) is 11.5 Å². The summed E-state index contributed by atoms with van der Waals surface area (Å²) in [5.41, 5.74) is 6.86. The van der Waals surface area contributed by atoms with Crippen molar-refractivity contribution in [3.05, 3.63) is 45.5 Å². The predicted octanol–water partition coefficient (Wildman–Crippen LogP) is 8.81. The molecule has 0 spiro atoms. The van der Waals surface area contributed by atoms with Crippen LogP contribution in [0, 0.1) is 27.7 Å². The van der Waals surface area contributed by atoms with Crippen LogP contribution in [0.4, 0.5) is 4.79 Å². The molecule has 2 aromatic rings. The maximum atomic E-state index is 13.0. The molecule has 0 amide bonds. The minimum atomic E-state index is -0.750. The Bertz CT molecular complexity index is 1160. The largest absolute Gasteiger partial charge is 0.513 e. The third-order valence-corrected chi connectivity index (χ3v) is 6.86. The zero-order valence-electron chi connectivity index (χ0n) is 25.0. The van der Waals surface area contributed by atoms with Crippen molar-refractivity contribution in [1.29, 1.82) is 0 Å². The number of carbonyl (C=O) groups is 2. The molecule has 0 atom stereocenters. The number of esters is 1. The molecule has 0 saturated carbocycles. The molecule has 0 N–H and O–H groups in total. The highest BCUT2D eigenvalue weighted by Gasteiger charge is 2.32. The summed E-state index contributed by atoms with van der Waals surface area (Å²) in [4.78, 5) is 25.7. The zero-order valence-corrected chi connectivity index (χ0v) is 25.0. The number of hydrogen-bond donors (Lipinski definition) is 0. The van der Waals surface area contributed by atoms with E-state index in [0.717, 1.165) is 57.3 Å². The van der Waals surface area contributed by atoms with Crippen molar-refractivity contribution < 1.29 is 23.8 Å². The lowest BCUT2D eigenvalue weighted by Crippen LogP contribution is -2.21. The molecular weight excluding hydrogens is 464 g/mol. The van der Waals surface area contributed by atoms with Crippen LogP contribution < -0.4 is 9.47 Å². The van der Waals surface area contributed by atoms with E-state index in [1.807, 2.05) is 13.8 Å². The number of aryl methyl sites for hydroxylation is 2. The smallest absolute Gasteiger partial charge is 0.434 e. The maximum Gasteiger partial charge on any atom is 0.513 e. The second-order valence-corrected chi connectivity index (χ2v) is 12.0. The molecule has 2 aromatic carbocycles. The lowest BCUT2D eigenvalue weighted by atomic mass is 9.77. The predicted molar refractivity (Wildman–Crippen MR) is 151 cm³/mol. The quantitative estimate of drug-likeness (QED) is 0.211. The van der Waals surface area contributed by atoms with E-state index in [0.29, 0.717) is 17.9 Å². The van der Waals surface area contributed by atoms with Crippen LogP contribution >= 0.6 is 0 Å². The molecule has 0 saturated heterocycles. The first-order chi connectivity index (χ1) is 17.0. The van der Waals surface area contributed by atoms with Crippen molar-refractivity contribution in [2.75, 3.05) is 6.61 Å². The van der Waals surface area contributed by atoms with Gasteiger partial charge in [-0.3, -0.25) is 4.79 Å². The lowest BCUT2D eigenvalue weighted by Gasteiger charge is -2.30. The molecule has 2 rings (SSSR count). The molecule has 5 heteroatoms. The maximum absolute atomic E-state index is 13.0. The third-order valence-electron chi connectivity index (χ3n) is 6.86. The van der Waals surface area contributed by atoms with Gasteiger partial charge in [-0.05, 0) is 74.1 Å². The molecule has 0 aliphatic heterocycles. The van der Waals surface area contributed by atoms with Crippen molar-refractivity contribution in [3.63, 3.8) is 0 Å². The van der Waals surface area contributed by atoms with Gasteiger partial charge in [0.05, 0.1) is 6.61 Å². The van der Waals surface area contributed by atoms with Gasteiger partial charge in [0, 0.05) is 28.7 Å². The van der Waals surface area contributed by atoms with E-state index in [4.69, 9.17) is 14.2 Å². The number of benzene rings is 2. The first-order valence-electron chi connectivity index (χ1n) is 13.4. The summed E-state index contributed by atoms with van der Waals surface area (Å²) in [6, 6.07) is 4.19. The number of unbranched alkanes of at least 4 members (excludes halogenated alkanes) is 1. The Kier molecular flexibility index (Phi) is 9.62. The van der Waals surface area contributed by atoms with Gasteiger partial charge < -0.3 is 14.2 Å². The normalized spacial score (nSPS) is 11.9. The molecule has 204 valence electrons. The fraction of sp³-hybridized carbons (Fsp3) is 0.562. The zero-order chi connectivity index (χ0) is 28.3. The number of carbonyl (C=O) groups excluding carboxylic acids is 2. The minimum Gasteiger partial charge on any atom is -0.434 e. The Morgan fingerprint density at radius 2 is 1.16 bits per heavy atom. The van der Waals surface area contributed by atoms with Crippen LogP contribution in [0.1, 0.15) is 108 Å². The highest BCUT2D eigenvalue weighted by molar-refractivity contribution is 5.89. The molecule has 0 aromatic heterocycles. The fourth-order valence-electron chi connectivity index (χ4n) is 4.43. The Hall–Kier alpha value is -2.82. The van der Waals surface area contributed by atoms with Gasteiger partial charge in [0.25, 0.3) is 0 Å². The first kappa shape index (κ1) is 30.4. The molecule has 37 heavy (non-hydrogen) atoms. The van der Waals surface area contributed by atoms with Gasteiger partial charge in [0.2, 0.25) is 0 Å². The summed E-state index contributed by atoms with van der Waals surface area (Å²) >= 11 is 0. The van der Waals surface area contributed by atoms with Crippen molar-refractivity contribution in [3.8, 4) is 22.6 Å². The van der Waals surface area contributed by atoms with Gasteiger partial charge in [-0.15, -0.1) is 0 Å². The van der Waals surface area contributed by atoms with Gasteiger partial charge in [-0.1, -0.05) is 67.0 Å². The van der Waals surface area contributed by atoms with Gasteiger partial charge in [-0.25, -0.2) is 4.79 Å². The molecule has 0 aliphatic carbocycles. The second kappa shape index (κ2) is 11.7. The Morgan fingerprint density at radius 1 is 0.730 bits per heavy atom. The Morgan fingerprint density at radius 3 is 1.54 bits per heavy atom. The van der Waals surface area contributed by atoms with Crippen LogP contribution in [-0.4, -0.2) is 18.7 Å². The first-order valence-corrected chi connectivity index (χ1v) is 13.4. The van der Waals surface area contributed by atoms with Gasteiger partial charge in [-0.2, -0.15) is 0 Å². The van der Waals surface area contributed by atoms with Crippen molar-refractivity contribution in [2.45, 2.75) is 113 Å². The molecule has 0 bridgehead atoms. The Labute approximate surface area is 223 Å². The summed E-state index contributed by atoms with van der Waals surface area (Å²) in [6.07, 6.45) is 1.27. The van der Waals surface area contributed by atoms with Crippen molar-refractivity contribution in [2.24, 2.45) is 0 Å². The summed E-state index contributed by atoms with van der Waals surface area (Å²) < 4.78 is 17.4. The number of ether oxygens (including phenoxy) is 3. The minimum absolute atomic E-state index is 0.210. The summed E-state index contributed by atoms with van der Waals surface area (Å²) in [5.74, 6) is 0.735. The molecule has 5 nitrogen and oxygen atoms in total.